The molecule has 1 heterocycles. The predicted octanol–water partition coefficient (Wildman–Crippen LogP) is 2.80. The zero-order valence-corrected chi connectivity index (χ0v) is 11.6. The Balaban J connectivity index is 2.05. The molecule has 0 amide bonds. The van der Waals surface area contributed by atoms with E-state index in [0.29, 0.717) is 0 Å². The molecule has 0 saturated heterocycles. The molecule has 1 aromatic rings. The molecule has 1 atom stereocenters. The quantitative estimate of drug-likeness (QED) is 0.891. The Kier molecular flexibility index (Phi) is 3.05. The van der Waals surface area contributed by atoms with Gasteiger partial charge in [0.2, 0.25) is 0 Å². The monoisotopic (exact) mass is 263 g/mol. The predicted molar refractivity (Wildman–Crippen MR) is 72.9 cm³/mol. The zero-order chi connectivity index (χ0) is 13.5. The van der Waals surface area contributed by atoms with Crippen molar-refractivity contribution in [3.05, 3.63) is 17.7 Å². The highest BCUT2D eigenvalue weighted by molar-refractivity contribution is 5.53. The first-order valence-electron chi connectivity index (χ1n) is 6.88. The van der Waals surface area contributed by atoms with Gasteiger partial charge in [-0.1, -0.05) is 0 Å². The fraction of sp³-hybridized carbons (Fsp3) is 0.600. The van der Waals surface area contributed by atoms with Crippen molar-refractivity contribution in [1.82, 2.24) is 0 Å². The number of ether oxygens (including phenoxy) is 3. The van der Waals surface area contributed by atoms with Crippen LogP contribution >= 0.6 is 0 Å². The van der Waals surface area contributed by atoms with E-state index < -0.39 is 0 Å². The summed E-state index contributed by atoms with van der Waals surface area (Å²) in [5, 5.41) is 0. The van der Waals surface area contributed by atoms with Gasteiger partial charge in [-0.25, -0.2) is 0 Å². The van der Waals surface area contributed by atoms with Gasteiger partial charge >= 0.3 is 0 Å². The Morgan fingerprint density at radius 1 is 1.21 bits per heavy atom. The lowest BCUT2D eigenvalue weighted by molar-refractivity contribution is 0.0414. The van der Waals surface area contributed by atoms with Crippen LogP contribution in [0.2, 0.25) is 0 Å². The van der Waals surface area contributed by atoms with Crippen molar-refractivity contribution in [2.45, 2.75) is 43.7 Å². The molecular formula is C15H21NO3. The van der Waals surface area contributed by atoms with Crippen LogP contribution in [-0.2, 0) is 0 Å². The minimum atomic E-state index is -0.0657. The highest BCUT2D eigenvalue weighted by Crippen LogP contribution is 2.50. The third-order valence-corrected chi connectivity index (χ3v) is 4.34. The molecule has 1 aliphatic carbocycles. The number of fused-ring (bicyclic) bond motifs is 1. The molecule has 4 nitrogen and oxygen atoms in total. The minimum Gasteiger partial charge on any atom is -0.496 e. The topological polar surface area (TPSA) is 53.7 Å². The Hall–Kier alpha value is -1.42. The van der Waals surface area contributed by atoms with E-state index in [0.717, 1.165) is 42.1 Å². The first-order valence-corrected chi connectivity index (χ1v) is 6.88. The zero-order valence-electron chi connectivity index (χ0n) is 11.6. The smallest absolute Gasteiger partial charge is 0.132 e. The summed E-state index contributed by atoms with van der Waals surface area (Å²) in [5.74, 6) is 2.34. The van der Waals surface area contributed by atoms with Gasteiger partial charge in [0, 0.05) is 24.6 Å². The van der Waals surface area contributed by atoms with Crippen molar-refractivity contribution >= 4 is 0 Å². The summed E-state index contributed by atoms with van der Waals surface area (Å²) in [6, 6.07) is 3.77. The first-order chi connectivity index (χ1) is 9.17. The fourth-order valence-electron chi connectivity index (χ4n) is 3.42. The number of hydrogen-bond acceptors (Lipinski definition) is 4. The van der Waals surface area contributed by atoms with Crippen LogP contribution in [-0.4, -0.2) is 19.8 Å². The summed E-state index contributed by atoms with van der Waals surface area (Å²) < 4.78 is 17.0. The summed E-state index contributed by atoms with van der Waals surface area (Å²) in [6.07, 6.45) is 5.52. The molecular weight excluding hydrogens is 242 g/mol. The molecule has 0 aromatic heterocycles. The average Bonchev–Trinajstić information content (AvgIpc) is 2.84. The largest absolute Gasteiger partial charge is 0.496 e. The van der Waals surface area contributed by atoms with Gasteiger partial charge in [0.15, 0.2) is 0 Å². The average molecular weight is 263 g/mol. The molecule has 4 heteroatoms. The number of benzene rings is 1. The highest BCUT2D eigenvalue weighted by Gasteiger charge is 2.43. The highest BCUT2D eigenvalue weighted by atomic mass is 16.5. The van der Waals surface area contributed by atoms with E-state index in [1.807, 2.05) is 12.1 Å². The maximum absolute atomic E-state index is 6.37. The molecule has 0 radical (unpaired) electrons. The van der Waals surface area contributed by atoms with E-state index in [2.05, 4.69) is 0 Å². The van der Waals surface area contributed by atoms with Crippen molar-refractivity contribution in [2.75, 3.05) is 14.2 Å². The number of hydrogen-bond donors (Lipinski definition) is 1. The van der Waals surface area contributed by atoms with Crippen molar-refractivity contribution in [2.24, 2.45) is 5.73 Å². The van der Waals surface area contributed by atoms with Crippen LogP contribution in [0, 0.1) is 0 Å². The summed E-state index contributed by atoms with van der Waals surface area (Å²) in [4.78, 5) is 0. The van der Waals surface area contributed by atoms with Gasteiger partial charge in [-0.05, 0) is 25.7 Å². The van der Waals surface area contributed by atoms with Crippen molar-refractivity contribution in [3.8, 4) is 17.2 Å². The molecule has 2 aliphatic rings. The van der Waals surface area contributed by atoms with E-state index in [9.17, 15) is 0 Å². The van der Waals surface area contributed by atoms with E-state index in [1.54, 1.807) is 14.2 Å². The van der Waals surface area contributed by atoms with Gasteiger partial charge in [0.05, 0.1) is 19.8 Å². The maximum Gasteiger partial charge on any atom is 0.132 e. The molecule has 1 aliphatic heterocycles. The summed E-state index contributed by atoms with van der Waals surface area (Å²) >= 11 is 0. The number of nitrogens with two attached hydrogens (primary N) is 1. The van der Waals surface area contributed by atoms with Crippen molar-refractivity contribution in [1.29, 1.82) is 0 Å². The molecule has 1 saturated carbocycles. The normalized spacial score (nSPS) is 23.8. The fourth-order valence-corrected chi connectivity index (χ4v) is 3.42. The van der Waals surface area contributed by atoms with Gasteiger partial charge in [-0.15, -0.1) is 0 Å². The maximum atomic E-state index is 6.37. The third kappa shape index (κ3) is 2.04. The Morgan fingerprint density at radius 2 is 1.95 bits per heavy atom. The van der Waals surface area contributed by atoms with Crippen LogP contribution in [0.15, 0.2) is 12.1 Å². The minimum absolute atomic E-state index is 0.0253. The second-order valence-corrected chi connectivity index (χ2v) is 5.54. The lowest BCUT2D eigenvalue weighted by atomic mass is 9.86. The standard InChI is InChI=1S/C15H21NO3/c1-17-10-7-12(18-2)14-11(16)9-15(5-3-4-6-15)19-13(14)8-10/h7-8,11H,3-6,9,16H2,1-2H3. The van der Waals surface area contributed by atoms with Crippen LogP contribution in [0.3, 0.4) is 0 Å². The van der Waals surface area contributed by atoms with Crippen molar-refractivity contribution in [3.63, 3.8) is 0 Å². The van der Waals surface area contributed by atoms with Gasteiger partial charge in [-0.3, -0.25) is 0 Å². The van der Waals surface area contributed by atoms with Gasteiger partial charge in [-0.2, -0.15) is 0 Å². The van der Waals surface area contributed by atoms with Crippen LogP contribution in [0.25, 0.3) is 0 Å². The van der Waals surface area contributed by atoms with Gasteiger partial charge in [0.1, 0.15) is 22.8 Å². The number of rotatable bonds is 2. The SMILES string of the molecule is COc1cc(OC)c2c(c1)OC1(CCCC1)CC2N. The van der Waals surface area contributed by atoms with Crippen molar-refractivity contribution < 1.29 is 14.2 Å². The molecule has 3 rings (SSSR count). The summed E-state index contributed by atoms with van der Waals surface area (Å²) in [6.45, 7) is 0. The first kappa shape index (κ1) is 12.6. The molecule has 2 N–H and O–H groups in total. The third-order valence-electron chi connectivity index (χ3n) is 4.34. The van der Waals surface area contributed by atoms with E-state index in [1.165, 1.54) is 12.8 Å². The second-order valence-electron chi connectivity index (χ2n) is 5.54. The van der Waals surface area contributed by atoms with Crippen LogP contribution in [0.4, 0.5) is 0 Å². The van der Waals surface area contributed by atoms with Gasteiger partial charge in [0.25, 0.3) is 0 Å². The van der Waals surface area contributed by atoms with Crippen LogP contribution < -0.4 is 19.9 Å². The molecule has 1 fully saturated rings. The second kappa shape index (κ2) is 4.60. The Labute approximate surface area is 113 Å². The van der Waals surface area contributed by atoms with E-state index in [4.69, 9.17) is 19.9 Å². The molecule has 1 spiro atoms. The van der Waals surface area contributed by atoms with E-state index >= 15 is 0 Å². The Morgan fingerprint density at radius 3 is 2.58 bits per heavy atom. The van der Waals surface area contributed by atoms with Gasteiger partial charge < -0.3 is 19.9 Å². The molecule has 19 heavy (non-hydrogen) atoms. The molecule has 1 unspecified atom stereocenters. The summed E-state index contributed by atoms with van der Waals surface area (Å²) in [7, 11) is 3.30. The van der Waals surface area contributed by atoms with E-state index in [-0.39, 0.29) is 11.6 Å². The number of methoxy groups -OCH3 is 2. The lowest BCUT2D eigenvalue weighted by Gasteiger charge is -2.39. The lowest BCUT2D eigenvalue weighted by Crippen LogP contribution is -2.40. The molecule has 104 valence electrons. The molecule has 1 aromatic carbocycles. The van der Waals surface area contributed by atoms with Crippen LogP contribution in [0.1, 0.15) is 43.7 Å². The van der Waals surface area contributed by atoms with Crippen LogP contribution in [0.5, 0.6) is 17.2 Å². The Bertz CT molecular complexity index is 481. The molecule has 0 bridgehead atoms. The summed E-state index contributed by atoms with van der Waals surface area (Å²) in [5.41, 5.74) is 7.28.